The lowest BCUT2D eigenvalue weighted by Crippen LogP contribution is -2.45. The van der Waals surface area contributed by atoms with E-state index in [4.69, 9.17) is 4.52 Å². The van der Waals surface area contributed by atoms with Gasteiger partial charge in [-0.05, 0) is 49.1 Å². The first kappa shape index (κ1) is 23.5. The highest BCUT2D eigenvalue weighted by Gasteiger charge is 2.35. The minimum absolute atomic E-state index is 0.247. The number of aryl methyl sites for hydroxylation is 2. The van der Waals surface area contributed by atoms with E-state index >= 15 is 0 Å². The summed E-state index contributed by atoms with van der Waals surface area (Å²) in [6, 6.07) is 21.3. The number of urea groups is 1. The Kier molecular flexibility index (Phi) is 6.38. The lowest BCUT2D eigenvalue weighted by Gasteiger charge is -2.35. The van der Waals surface area contributed by atoms with Crippen molar-refractivity contribution in [1.82, 2.24) is 20.4 Å². The Labute approximate surface area is 209 Å². The molecule has 2 heterocycles. The van der Waals surface area contributed by atoms with E-state index in [9.17, 15) is 9.18 Å². The van der Waals surface area contributed by atoms with Crippen LogP contribution >= 0.6 is 0 Å². The molecule has 0 radical (unpaired) electrons. The Morgan fingerprint density at radius 3 is 2.28 bits per heavy atom. The van der Waals surface area contributed by atoms with Gasteiger partial charge >= 0.3 is 6.03 Å². The summed E-state index contributed by atoms with van der Waals surface area (Å²) < 4.78 is 19.4. The standard InChI is InChI=1S/C29H27FN4O2/c1-4-20-7-9-21(10-8-20)17-34-19(3)25(26(31-29(34)35)22-13-15-24(30)16-14-22)28-32-27(33-36-28)23-11-5-18(2)6-12-23/h5-16,26H,4,17H2,1-3H3,(H,31,35). The molecule has 7 heteroatoms. The van der Waals surface area contributed by atoms with Crippen molar-refractivity contribution in [2.24, 2.45) is 0 Å². The number of amides is 2. The van der Waals surface area contributed by atoms with Gasteiger partial charge in [0.05, 0.1) is 18.2 Å². The summed E-state index contributed by atoms with van der Waals surface area (Å²) in [5, 5.41) is 7.26. The molecular formula is C29H27FN4O2. The molecule has 1 N–H and O–H groups in total. The zero-order chi connectivity index (χ0) is 25.2. The summed E-state index contributed by atoms with van der Waals surface area (Å²) in [6.07, 6.45) is 0.952. The number of allylic oxidation sites excluding steroid dienone is 1. The predicted octanol–water partition coefficient (Wildman–Crippen LogP) is 6.44. The van der Waals surface area contributed by atoms with Gasteiger partial charge in [0.2, 0.25) is 5.82 Å². The van der Waals surface area contributed by atoms with E-state index in [1.54, 1.807) is 17.0 Å². The highest BCUT2D eigenvalue weighted by molar-refractivity contribution is 5.86. The molecule has 6 nitrogen and oxygen atoms in total. The zero-order valence-corrected chi connectivity index (χ0v) is 20.5. The maximum atomic E-state index is 13.7. The molecule has 3 aromatic carbocycles. The van der Waals surface area contributed by atoms with E-state index in [-0.39, 0.29) is 11.8 Å². The number of halogens is 1. The van der Waals surface area contributed by atoms with E-state index < -0.39 is 6.04 Å². The smallest absolute Gasteiger partial charge is 0.322 e. The molecule has 0 aliphatic carbocycles. The van der Waals surface area contributed by atoms with E-state index in [1.165, 1.54) is 17.7 Å². The fourth-order valence-corrected chi connectivity index (χ4v) is 4.37. The number of carbonyl (C=O) groups excluding carboxylic acids is 1. The van der Waals surface area contributed by atoms with Crippen molar-refractivity contribution in [1.29, 1.82) is 0 Å². The Morgan fingerprint density at radius 2 is 1.61 bits per heavy atom. The van der Waals surface area contributed by atoms with E-state index in [0.717, 1.165) is 28.7 Å². The van der Waals surface area contributed by atoms with Gasteiger partial charge in [-0.3, -0.25) is 4.90 Å². The van der Waals surface area contributed by atoms with Gasteiger partial charge in [-0.2, -0.15) is 4.98 Å². The van der Waals surface area contributed by atoms with Crippen LogP contribution in [0.3, 0.4) is 0 Å². The second kappa shape index (κ2) is 9.77. The number of hydrogen-bond acceptors (Lipinski definition) is 4. The van der Waals surface area contributed by atoms with Gasteiger partial charge in [0.1, 0.15) is 5.82 Å². The molecule has 2 amide bonds. The molecule has 1 aliphatic heterocycles. The summed E-state index contributed by atoms with van der Waals surface area (Å²) >= 11 is 0. The molecule has 1 aromatic heterocycles. The maximum absolute atomic E-state index is 13.7. The topological polar surface area (TPSA) is 71.3 Å². The van der Waals surface area contributed by atoms with Gasteiger partial charge in [-0.1, -0.05) is 78.3 Å². The zero-order valence-electron chi connectivity index (χ0n) is 20.5. The van der Waals surface area contributed by atoms with Crippen molar-refractivity contribution in [3.8, 4) is 11.4 Å². The van der Waals surface area contributed by atoms with Crippen LogP contribution in [-0.4, -0.2) is 21.1 Å². The van der Waals surface area contributed by atoms with Crippen LogP contribution in [0.5, 0.6) is 0 Å². The molecule has 1 atom stereocenters. The number of aromatic nitrogens is 2. The number of rotatable bonds is 6. The van der Waals surface area contributed by atoms with Crippen molar-refractivity contribution in [2.75, 3.05) is 0 Å². The summed E-state index contributed by atoms with van der Waals surface area (Å²) in [7, 11) is 0. The fraction of sp³-hybridized carbons (Fsp3) is 0.207. The fourth-order valence-electron chi connectivity index (χ4n) is 4.37. The van der Waals surface area contributed by atoms with Crippen molar-refractivity contribution >= 4 is 11.6 Å². The second-order valence-corrected chi connectivity index (χ2v) is 8.98. The molecule has 0 bridgehead atoms. The van der Waals surface area contributed by atoms with Crippen molar-refractivity contribution in [3.63, 3.8) is 0 Å². The van der Waals surface area contributed by atoms with Crippen LogP contribution in [0.2, 0.25) is 0 Å². The molecule has 182 valence electrons. The van der Waals surface area contributed by atoms with E-state index in [2.05, 4.69) is 34.5 Å². The third-order valence-corrected chi connectivity index (χ3v) is 6.54. The van der Waals surface area contributed by atoms with Crippen LogP contribution < -0.4 is 5.32 Å². The average Bonchev–Trinajstić information content (AvgIpc) is 3.37. The van der Waals surface area contributed by atoms with E-state index in [0.29, 0.717) is 29.5 Å². The summed E-state index contributed by atoms with van der Waals surface area (Å²) in [6.45, 7) is 6.39. The number of nitrogens with one attached hydrogen (secondary N) is 1. The molecule has 5 rings (SSSR count). The summed E-state index contributed by atoms with van der Waals surface area (Å²) in [5.41, 5.74) is 6.31. The number of hydrogen-bond donors (Lipinski definition) is 1. The van der Waals surface area contributed by atoms with E-state index in [1.807, 2.05) is 50.2 Å². The lowest BCUT2D eigenvalue weighted by molar-refractivity contribution is 0.203. The van der Waals surface area contributed by atoms with Crippen LogP contribution in [0.1, 0.15) is 48.0 Å². The second-order valence-electron chi connectivity index (χ2n) is 8.98. The largest absolute Gasteiger partial charge is 0.334 e. The van der Waals surface area contributed by atoms with Crippen LogP contribution in [0, 0.1) is 12.7 Å². The third kappa shape index (κ3) is 4.64. The molecular weight excluding hydrogens is 455 g/mol. The molecule has 1 unspecified atom stereocenters. The lowest BCUT2D eigenvalue weighted by atomic mass is 9.94. The van der Waals surface area contributed by atoms with Gasteiger partial charge in [0.15, 0.2) is 0 Å². The first-order valence-corrected chi connectivity index (χ1v) is 12.0. The van der Waals surface area contributed by atoms with Crippen molar-refractivity contribution < 1.29 is 13.7 Å². The number of nitrogens with zero attached hydrogens (tertiary/aromatic N) is 3. The first-order chi connectivity index (χ1) is 17.4. The average molecular weight is 483 g/mol. The van der Waals surface area contributed by atoms with Crippen LogP contribution in [0.15, 0.2) is 83.0 Å². The van der Waals surface area contributed by atoms with Gasteiger partial charge < -0.3 is 9.84 Å². The highest BCUT2D eigenvalue weighted by Crippen LogP contribution is 2.38. The normalized spacial score (nSPS) is 15.8. The predicted molar refractivity (Wildman–Crippen MR) is 136 cm³/mol. The number of carbonyl (C=O) groups is 1. The Balaban J connectivity index is 1.57. The molecule has 4 aromatic rings. The molecule has 1 aliphatic rings. The first-order valence-electron chi connectivity index (χ1n) is 12.0. The Hall–Kier alpha value is -4.26. The van der Waals surface area contributed by atoms with Gasteiger partial charge in [0, 0.05) is 11.3 Å². The minimum Gasteiger partial charge on any atom is -0.334 e. The van der Waals surface area contributed by atoms with Crippen LogP contribution in [-0.2, 0) is 13.0 Å². The van der Waals surface area contributed by atoms with Crippen molar-refractivity contribution in [3.05, 3.63) is 112 Å². The summed E-state index contributed by atoms with van der Waals surface area (Å²) in [5.74, 6) is 0.422. The monoisotopic (exact) mass is 482 g/mol. The van der Waals surface area contributed by atoms with Gasteiger partial charge in [-0.15, -0.1) is 0 Å². The van der Waals surface area contributed by atoms with Crippen LogP contribution in [0.25, 0.3) is 17.0 Å². The molecule has 36 heavy (non-hydrogen) atoms. The SMILES string of the molecule is CCc1ccc(CN2C(=O)NC(c3ccc(F)cc3)C(c3nc(-c4ccc(C)cc4)no3)=C2C)cc1. The Bertz CT molecular complexity index is 1410. The quantitative estimate of drug-likeness (QED) is 0.343. The van der Waals surface area contributed by atoms with Gasteiger partial charge in [0.25, 0.3) is 5.89 Å². The maximum Gasteiger partial charge on any atom is 0.322 e. The molecule has 0 saturated carbocycles. The highest BCUT2D eigenvalue weighted by atomic mass is 19.1. The van der Waals surface area contributed by atoms with Gasteiger partial charge in [-0.25, -0.2) is 9.18 Å². The molecule has 0 saturated heterocycles. The molecule has 0 fully saturated rings. The third-order valence-electron chi connectivity index (χ3n) is 6.54. The summed E-state index contributed by atoms with van der Waals surface area (Å²) in [4.78, 5) is 19.6. The number of benzene rings is 3. The Morgan fingerprint density at radius 1 is 0.944 bits per heavy atom. The van der Waals surface area contributed by atoms with Crippen molar-refractivity contribution in [2.45, 2.75) is 39.8 Å². The molecule has 0 spiro atoms. The van der Waals surface area contributed by atoms with Crippen LogP contribution in [0.4, 0.5) is 9.18 Å². The minimum atomic E-state index is -0.567.